The van der Waals surface area contributed by atoms with Gasteiger partial charge in [-0.2, -0.15) is 13.2 Å². The Morgan fingerprint density at radius 2 is 1.75 bits per heavy atom. The molecular formula is C3H5F3O3Si3. The fourth-order valence-electron chi connectivity index (χ4n) is 0.692. The molecular weight excluding hydrogens is 225 g/mol. The summed E-state index contributed by atoms with van der Waals surface area (Å²) in [6.07, 6.45) is -4.22. The van der Waals surface area contributed by atoms with Gasteiger partial charge in [-0.15, -0.1) is 0 Å². The Kier molecular flexibility index (Phi) is 3.11. The molecule has 0 amide bonds. The molecule has 0 N–H and O–H groups in total. The van der Waals surface area contributed by atoms with Gasteiger partial charge in [0, 0.05) is 0 Å². The second-order valence-corrected chi connectivity index (χ2v) is 7.80. The van der Waals surface area contributed by atoms with Crippen molar-refractivity contribution in [3.8, 4) is 0 Å². The monoisotopic (exact) mass is 230 g/mol. The number of rotatable bonds is 1. The van der Waals surface area contributed by atoms with Crippen LogP contribution < -0.4 is 0 Å². The van der Waals surface area contributed by atoms with Gasteiger partial charge in [0.2, 0.25) is 0 Å². The molecule has 3 nitrogen and oxygen atoms in total. The first kappa shape index (κ1) is 10.4. The van der Waals surface area contributed by atoms with Crippen molar-refractivity contribution in [3.63, 3.8) is 0 Å². The Morgan fingerprint density at radius 1 is 1.25 bits per heavy atom. The lowest BCUT2D eigenvalue weighted by molar-refractivity contribution is -0.114. The molecule has 0 spiro atoms. The van der Waals surface area contributed by atoms with Crippen molar-refractivity contribution >= 4 is 28.6 Å². The molecule has 0 saturated carbocycles. The Morgan fingerprint density at radius 3 is 2.17 bits per heavy atom. The highest BCUT2D eigenvalue weighted by Crippen LogP contribution is 2.29. The first-order valence-corrected chi connectivity index (χ1v) is 7.16. The van der Waals surface area contributed by atoms with Crippen LogP contribution in [0.15, 0.2) is 0 Å². The van der Waals surface area contributed by atoms with Gasteiger partial charge in [0.25, 0.3) is 0 Å². The minimum Gasteiger partial charge on any atom is -0.414 e. The van der Waals surface area contributed by atoms with Gasteiger partial charge in [0.15, 0.2) is 0 Å². The van der Waals surface area contributed by atoms with Gasteiger partial charge in [0.1, 0.15) is 0 Å². The minimum atomic E-state index is -4.22. The molecule has 1 rings (SSSR count). The van der Waals surface area contributed by atoms with Crippen LogP contribution in [0.1, 0.15) is 0 Å². The highest BCUT2D eigenvalue weighted by atomic mass is 28.5. The molecule has 68 valence electrons. The lowest BCUT2D eigenvalue weighted by atomic mass is 10.8. The Bertz CT molecular complexity index is 157. The van der Waals surface area contributed by atoms with E-state index in [1.54, 1.807) is 0 Å². The summed E-state index contributed by atoms with van der Waals surface area (Å²) in [6, 6.07) is -0.969. The molecule has 0 unspecified atom stereocenters. The number of halogens is 3. The van der Waals surface area contributed by atoms with Crippen molar-refractivity contribution < 1.29 is 25.5 Å². The summed E-state index contributed by atoms with van der Waals surface area (Å²) in [7, 11) is -3.62. The average molecular weight is 230 g/mol. The second kappa shape index (κ2) is 3.59. The zero-order valence-corrected chi connectivity index (χ0v) is 9.07. The van der Waals surface area contributed by atoms with E-state index in [0.29, 0.717) is 0 Å². The topological polar surface area (TPSA) is 27.7 Å². The average Bonchev–Trinajstić information content (AvgIpc) is 1.83. The highest BCUT2D eigenvalue weighted by Gasteiger charge is 2.46. The van der Waals surface area contributed by atoms with Crippen LogP contribution in [-0.2, 0) is 12.3 Å². The van der Waals surface area contributed by atoms with Crippen LogP contribution in [0, 0.1) is 0 Å². The number of alkyl halides is 3. The van der Waals surface area contributed by atoms with Crippen molar-refractivity contribution in [1.82, 2.24) is 0 Å². The smallest absolute Gasteiger partial charge is 0.413 e. The van der Waals surface area contributed by atoms with Gasteiger partial charge in [-0.1, -0.05) is 0 Å². The Labute approximate surface area is 73.6 Å². The number of hydrogen-bond donors (Lipinski definition) is 0. The maximum absolute atomic E-state index is 11.9. The van der Waals surface area contributed by atoms with Gasteiger partial charge in [-0.3, -0.25) is 0 Å². The van der Waals surface area contributed by atoms with Crippen molar-refractivity contribution in [3.05, 3.63) is 0 Å². The predicted octanol–water partition coefficient (Wildman–Crippen LogP) is 0.752. The van der Waals surface area contributed by atoms with E-state index < -0.39 is 20.8 Å². The normalized spacial score (nSPS) is 24.0. The fourth-order valence-corrected chi connectivity index (χ4v) is 5.17. The second-order valence-electron chi connectivity index (χ2n) is 2.40. The third kappa shape index (κ3) is 3.37. The van der Waals surface area contributed by atoms with Gasteiger partial charge in [-0.25, -0.2) is 0 Å². The summed E-state index contributed by atoms with van der Waals surface area (Å²) < 4.78 is 50.1. The van der Waals surface area contributed by atoms with Crippen molar-refractivity contribution in [2.75, 3.05) is 0 Å². The van der Waals surface area contributed by atoms with Crippen molar-refractivity contribution in [1.29, 1.82) is 0 Å². The van der Waals surface area contributed by atoms with Crippen LogP contribution in [0.25, 0.3) is 0 Å². The lowest BCUT2D eigenvalue weighted by Gasteiger charge is -2.30. The van der Waals surface area contributed by atoms with Gasteiger partial charge in [0.05, 0.1) is 6.04 Å². The summed E-state index contributed by atoms with van der Waals surface area (Å²) in [5, 5.41) is 0. The Hall–Kier alpha value is 0.321. The molecule has 9 heteroatoms. The fraction of sp³-hybridized carbons (Fsp3) is 1.00. The summed E-state index contributed by atoms with van der Waals surface area (Å²) in [5.41, 5.74) is 0. The first-order chi connectivity index (χ1) is 5.41. The molecule has 0 aliphatic carbocycles. The first-order valence-electron chi connectivity index (χ1n) is 3.00. The molecule has 0 aromatic heterocycles. The van der Waals surface area contributed by atoms with E-state index in [2.05, 4.69) is 4.12 Å². The molecule has 1 saturated heterocycles. The van der Waals surface area contributed by atoms with Gasteiger partial charge in [-0.05, 0) is 6.55 Å². The lowest BCUT2D eigenvalue weighted by Crippen LogP contribution is -2.49. The van der Waals surface area contributed by atoms with E-state index in [-0.39, 0.29) is 20.0 Å². The zero-order chi connectivity index (χ0) is 9.24. The van der Waals surface area contributed by atoms with Crippen LogP contribution in [0.4, 0.5) is 13.2 Å². The van der Waals surface area contributed by atoms with E-state index in [1.165, 1.54) is 6.55 Å². The van der Waals surface area contributed by atoms with Crippen molar-refractivity contribution in [2.45, 2.75) is 18.8 Å². The molecule has 0 bridgehead atoms. The third-order valence-electron chi connectivity index (χ3n) is 1.12. The van der Waals surface area contributed by atoms with Crippen molar-refractivity contribution in [2.24, 2.45) is 0 Å². The van der Waals surface area contributed by atoms with Crippen LogP contribution in [0.5, 0.6) is 0 Å². The maximum atomic E-state index is 11.9. The molecule has 1 fully saturated rings. The SMILES string of the molecule is C[Si]1(CC(F)(F)F)O[Si]O[Si]O1. The molecule has 4 radical (unpaired) electrons. The number of hydrogen-bond acceptors (Lipinski definition) is 3. The summed E-state index contributed by atoms with van der Waals surface area (Å²) >= 11 is 0. The molecule has 1 aliphatic rings. The minimum absolute atomic E-state index is 0.312. The molecule has 12 heavy (non-hydrogen) atoms. The molecule has 0 aromatic rings. The van der Waals surface area contributed by atoms with Gasteiger partial charge < -0.3 is 12.3 Å². The maximum Gasteiger partial charge on any atom is 0.413 e. The highest BCUT2D eigenvalue weighted by molar-refractivity contribution is 6.75. The molecule has 1 heterocycles. The van der Waals surface area contributed by atoms with Crippen LogP contribution in [0.2, 0.25) is 12.6 Å². The summed E-state index contributed by atoms with van der Waals surface area (Å²) in [6.45, 7) is 1.39. The molecule has 0 atom stereocenters. The molecule has 1 aliphatic heterocycles. The Balaban J connectivity index is 2.47. The summed E-state index contributed by atoms with van der Waals surface area (Å²) in [4.78, 5) is 0. The standard InChI is InChI=1S/C3H5F3O3Si3/c1-12(2-3(4,5)6)8-10-7-11-9-12/h2H2,1H3. The van der Waals surface area contributed by atoms with E-state index in [1.807, 2.05) is 0 Å². The van der Waals surface area contributed by atoms with E-state index >= 15 is 0 Å². The largest absolute Gasteiger partial charge is 0.414 e. The zero-order valence-electron chi connectivity index (χ0n) is 6.07. The molecule has 0 aromatic carbocycles. The van der Waals surface area contributed by atoms with Crippen LogP contribution in [-0.4, -0.2) is 34.8 Å². The van der Waals surface area contributed by atoms with Gasteiger partial charge >= 0.3 is 34.8 Å². The summed E-state index contributed by atoms with van der Waals surface area (Å²) in [5.74, 6) is 0. The van der Waals surface area contributed by atoms with E-state index in [0.717, 1.165) is 0 Å². The quantitative estimate of drug-likeness (QED) is 0.622. The van der Waals surface area contributed by atoms with Crippen LogP contribution >= 0.6 is 0 Å². The van der Waals surface area contributed by atoms with E-state index in [4.69, 9.17) is 8.23 Å². The third-order valence-corrected chi connectivity index (χ3v) is 6.95. The van der Waals surface area contributed by atoms with E-state index in [9.17, 15) is 13.2 Å². The van der Waals surface area contributed by atoms with Crippen LogP contribution in [0.3, 0.4) is 0 Å². The predicted molar refractivity (Wildman–Crippen MR) is 37.2 cm³/mol.